The van der Waals surface area contributed by atoms with Gasteiger partial charge in [-0.25, -0.2) is 0 Å². The number of nitrogens with one attached hydrogen (secondary N) is 2. The number of hydrogen-bond acceptors (Lipinski definition) is 9. The summed E-state index contributed by atoms with van der Waals surface area (Å²) in [5.41, 5.74) is 0.532. The van der Waals surface area contributed by atoms with Gasteiger partial charge in [0.15, 0.2) is 0 Å². The third-order valence-electron chi connectivity index (χ3n) is 7.44. The summed E-state index contributed by atoms with van der Waals surface area (Å²) < 4.78 is 25.9. The molecule has 0 radical (unpaired) electrons. The monoisotopic (exact) mass is 667 g/mol. The number of amides is 2. The topological polar surface area (TPSA) is 156 Å². The number of phenolic OH excluding ortho intramolecular Hbond substituents is 1. The lowest BCUT2D eigenvalue weighted by molar-refractivity contribution is -0.130. The number of carbonyl (C=O) groups excluding carboxylic acids is 2. The van der Waals surface area contributed by atoms with E-state index in [1.54, 1.807) is 36.9 Å². The van der Waals surface area contributed by atoms with Crippen molar-refractivity contribution in [1.29, 1.82) is 0 Å². The predicted molar refractivity (Wildman–Crippen MR) is 177 cm³/mol. The third-order valence-corrected chi connectivity index (χ3v) is 10.0. The Morgan fingerprint density at radius 2 is 1.80 bits per heavy atom. The van der Waals surface area contributed by atoms with E-state index in [4.69, 9.17) is 4.55 Å². The summed E-state index contributed by atoms with van der Waals surface area (Å²) in [5, 5.41) is 28.3. The van der Waals surface area contributed by atoms with E-state index >= 15 is 0 Å². The molecule has 244 valence electrons. The van der Waals surface area contributed by atoms with E-state index in [-0.39, 0.29) is 35.7 Å². The second-order valence-electron chi connectivity index (χ2n) is 12.4. The first kappa shape index (κ1) is 36.2. The van der Waals surface area contributed by atoms with E-state index in [9.17, 15) is 28.2 Å². The second-order valence-corrected chi connectivity index (χ2v) is 16.3. The summed E-state index contributed by atoms with van der Waals surface area (Å²) >= 11 is 3.53. The van der Waals surface area contributed by atoms with Crippen molar-refractivity contribution in [2.75, 3.05) is 30.9 Å². The molecule has 10 nitrogen and oxygen atoms in total. The maximum absolute atomic E-state index is 13.4. The summed E-state index contributed by atoms with van der Waals surface area (Å²) in [7, 11) is -3.67. The maximum atomic E-state index is 13.4. The minimum Gasteiger partial charge on any atom is -0.508 e. The van der Waals surface area contributed by atoms with Gasteiger partial charge < -0.3 is 20.8 Å². The van der Waals surface area contributed by atoms with Crippen molar-refractivity contribution < 1.29 is 32.8 Å². The Balaban J connectivity index is 0.000000978. The fraction of sp³-hybridized carbons (Fsp3) is 0.548. The lowest BCUT2D eigenvalue weighted by Crippen LogP contribution is -2.60. The van der Waals surface area contributed by atoms with Crippen LogP contribution in [0.5, 0.6) is 5.75 Å². The zero-order chi connectivity index (χ0) is 32.7. The van der Waals surface area contributed by atoms with E-state index in [0.29, 0.717) is 34.3 Å². The molecule has 0 bridgehead atoms. The quantitative estimate of drug-likeness (QED) is 0.198. The fourth-order valence-corrected chi connectivity index (χ4v) is 7.90. The number of phenols is 1. The molecule has 0 aromatic heterocycles. The van der Waals surface area contributed by atoms with Gasteiger partial charge in [0, 0.05) is 45.7 Å². The van der Waals surface area contributed by atoms with Gasteiger partial charge in [-0.1, -0.05) is 24.3 Å². The van der Waals surface area contributed by atoms with Crippen LogP contribution in [0.2, 0.25) is 0 Å². The lowest BCUT2D eigenvalue weighted by atomic mass is 9.89. The van der Waals surface area contributed by atoms with Gasteiger partial charge in [-0.2, -0.15) is 20.2 Å². The van der Waals surface area contributed by atoms with Crippen molar-refractivity contribution in [3.05, 3.63) is 59.7 Å². The molecule has 0 aliphatic carbocycles. The molecule has 0 unspecified atom stereocenters. The van der Waals surface area contributed by atoms with Gasteiger partial charge in [-0.15, -0.1) is 11.8 Å². The van der Waals surface area contributed by atoms with Gasteiger partial charge in [0.25, 0.3) is 16.0 Å². The Morgan fingerprint density at radius 1 is 1.14 bits per heavy atom. The molecule has 5 N–H and O–H groups in total. The first-order valence-corrected chi connectivity index (χ1v) is 18.5. The van der Waals surface area contributed by atoms with Crippen LogP contribution in [-0.4, -0.2) is 99.7 Å². The maximum Gasteiger partial charge on any atom is 0.261 e. The lowest BCUT2D eigenvalue weighted by Gasteiger charge is -2.43. The average molecular weight is 668 g/mol. The molecular weight excluding hydrogens is 623 g/mol. The number of aliphatic hydroxyl groups is 1. The van der Waals surface area contributed by atoms with E-state index in [2.05, 4.69) is 15.5 Å². The number of nitrogens with zero attached hydrogens (tertiary/aromatic N) is 1. The van der Waals surface area contributed by atoms with Crippen LogP contribution < -0.4 is 10.6 Å². The summed E-state index contributed by atoms with van der Waals surface area (Å²) in [4.78, 5) is 29.8. The number of aromatic hydroxyl groups is 1. The van der Waals surface area contributed by atoms with E-state index in [1.165, 1.54) is 0 Å². The smallest absolute Gasteiger partial charge is 0.261 e. The first-order valence-electron chi connectivity index (χ1n) is 14.6. The number of piperidine rings is 1. The Hall–Kier alpha value is -2.29. The summed E-state index contributed by atoms with van der Waals surface area (Å²) in [5.74, 6) is 1.79. The summed E-state index contributed by atoms with van der Waals surface area (Å²) in [6.45, 7) is 8.70. The molecule has 2 aromatic carbocycles. The number of rotatable bonds is 9. The Morgan fingerprint density at radius 3 is 2.43 bits per heavy atom. The van der Waals surface area contributed by atoms with E-state index < -0.39 is 22.3 Å². The van der Waals surface area contributed by atoms with Crippen molar-refractivity contribution in [3.63, 3.8) is 0 Å². The molecule has 13 heteroatoms. The van der Waals surface area contributed by atoms with Gasteiger partial charge in [-0.05, 0) is 76.5 Å². The van der Waals surface area contributed by atoms with Crippen molar-refractivity contribution in [2.24, 2.45) is 5.92 Å². The highest BCUT2D eigenvalue weighted by Gasteiger charge is 2.43. The van der Waals surface area contributed by atoms with Crippen LogP contribution in [0.25, 0.3) is 0 Å². The van der Waals surface area contributed by atoms with Crippen molar-refractivity contribution in [2.45, 2.75) is 74.4 Å². The number of β-amino-alcohol motifs (C(OH)–C–C–N with tert-alkyl or cyclic N) is 1. The van der Waals surface area contributed by atoms with Crippen LogP contribution in [-0.2, 0) is 14.9 Å². The van der Waals surface area contributed by atoms with E-state index in [0.717, 1.165) is 30.0 Å². The minimum absolute atomic E-state index is 0.00437. The molecule has 2 heterocycles. The third kappa shape index (κ3) is 11.6. The van der Waals surface area contributed by atoms with Crippen molar-refractivity contribution >= 4 is 45.5 Å². The molecule has 2 saturated heterocycles. The number of aliphatic hydroxyl groups excluding tert-OH is 1. The Labute approximate surface area is 269 Å². The molecule has 5 atom stereocenters. The SMILES string of the molecule is CS(=O)(=O)O.Cc1c(O)cccc1C(=O)N[C@@H](CSc1ccccc1)[C@H](O)CN1C[C@H]2CCS[C@H]2C[C@H]1C(=O)NC(C)(C)C. The number of hydrogen-bond donors (Lipinski definition) is 5. The molecule has 2 aliphatic rings. The van der Waals surface area contributed by atoms with Crippen LogP contribution >= 0.6 is 23.5 Å². The van der Waals surface area contributed by atoms with Gasteiger partial charge in [0.05, 0.1) is 24.4 Å². The zero-order valence-corrected chi connectivity index (χ0v) is 28.3. The summed E-state index contributed by atoms with van der Waals surface area (Å²) in [6.07, 6.45) is 1.71. The second kappa shape index (κ2) is 15.8. The predicted octanol–water partition coefficient (Wildman–Crippen LogP) is 3.57. The molecular formula is C31H45N3O7S3. The van der Waals surface area contributed by atoms with Crippen LogP contribution in [0.15, 0.2) is 53.4 Å². The number of thioether (sulfide) groups is 2. The summed E-state index contributed by atoms with van der Waals surface area (Å²) in [6, 6.07) is 13.9. The van der Waals surface area contributed by atoms with Crippen LogP contribution in [0.4, 0.5) is 0 Å². The Bertz CT molecular complexity index is 1360. The normalized spacial score (nSPS) is 21.8. The highest BCUT2D eigenvalue weighted by atomic mass is 32.2. The molecule has 0 spiro atoms. The van der Waals surface area contributed by atoms with Crippen molar-refractivity contribution in [1.82, 2.24) is 15.5 Å². The van der Waals surface area contributed by atoms with Crippen LogP contribution in [0.3, 0.4) is 0 Å². The highest BCUT2D eigenvalue weighted by Crippen LogP contribution is 2.40. The van der Waals surface area contributed by atoms with Gasteiger partial charge in [0.2, 0.25) is 5.91 Å². The van der Waals surface area contributed by atoms with Gasteiger partial charge in [0.1, 0.15) is 5.75 Å². The first-order chi connectivity index (χ1) is 20.5. The number of likely N-dealkylation sites (tertiary alicyclic amines) is 1. The molecule has 2 amide bonds. The van der Waals surface area contributed by atoms with Crippen LogP contribution in [0, 0.1) is 12.8 Å². The molecule has 0 saturated carbocycles. The zero-order valence-electron chi connectivity index (χ0n) is 25.9. The van der Waals surface area contributed by atoms with E-state index in [1.807, 2.05) is 62.9 Å². The highest BCUT2D eigenvalue weighted by molar-refractivity contribution is 8.00. The van der Waals surface area contributed by atoms with Crippen molar-refractivity contribution in [3.8, 4) is 5.75 Å². The number of fused-ring (bicyclic) bond motifs is 1. The molecule has 2 aliphatic heterocycles. The van der Waals surface area contributed by atoms with Gasteiger partial charge >= 0.3 is 0 Å². The van der Waals surface area contributed by atoms with Crippen LogP contribution in [0.1, 0.15) is 49.5 Å². The Kier molecular flexibility index (Phi) is 13.0. The van der Waals surface area contributed by atoms with Gasteiger partial charge in [-0.3, -0.25) is 19.0 Å². The molecule has 44 heavy (non-hydrogen) atoms. The molecule has 4 rings (SSSR count). The molecule has 2 fully saturated rings. The fourth-order valence-electron chi connectivity index (χ4n) is 5.32. The average Bonchev–Trinajstić information content (AvgIpc) is 3.38. The number of benzene rings is 2. The molecule has 2 aromatic rings. The standard InChI is InChI=1S/C30H41N3O4S2.CH4O3S/c1-19-22(11-8-12-25(19)34)28(36)31-23(18-39-21-9-6-5-7-10-21)26(35)17-33-16-20-13-14-38-27(20)15-24(33)29(37)32-30(2,3)4;1-5(2,3)4/h5-12,20,23-24,26-27,34-35H,13-18H2,1-4H3,(H,31,36)(H,32,37);1H3,(H,2,3,4)/t20-,23+,24+,26-,27+;/m1./s1. The minimum atomic E-state index is -3.67. The largest absolute Gasteiger partial charge is 0.508 e. The number of carbonyl (C=O) groups is 2.